The predicted octanol–water partition coefficient (Wildman–Crippen LogP) is 2.79. The number of nitrogens with zero attached hydrogens (tertiary/aromatic N) is 4. The molecule has 4 aromatic rings. The van der Waals surface area contributed by atoms with Gasteiger partial charge in [-0.1, -0.05) is 48.5 Å². The van der Waals surface area contributed by atoms with E-state index < -0.39 is 0 Å². The van der Waals surface area contributed by atoms with E-state index in [4.69, 9.17) is 0 Å². The van der Waals surface area contributed by atoms with E-state index in [2.05, 4.69) is 30.7 Å². The lowest BCUT2D eigenvalue weighted by Crippen LogP contribution is -2.04. The lowest BCUT2D eigenvalue weighted by Gasteiger charge is -1.97. The molecule has 0 fully saturated rings. The van der Waals surface area contributed by atoms with Crippen molar-refractivity contribution >= 4 is 40.0 Å². The molecular weight excluding hydrogens is 304 g/mol. The predicted molar refractivity (Wildman–Crippen MR) is 92.1 cm³/mol. The molecule has 7 nitrogen and oxygen atoms in total. The average Bonchev–Trinajstić information content (AvgIpc) is 3.00. The van der Waals surface area contributed by atoms with E-state index in [1.807, 2.05) is 30.3 Å². The number of hydrogen-bond acceptors (Lipinski definition) is 6. The van der Waals surface area contributed by atoms with Crippen LogP contribution in [0.25, 0.3) is 22.1 Å². The number of H-pyrrole nitrogens is 1. The monoisotopic (exact) mass is 316 g/mol. The van der Waals surface area contributed by atoms with Gasteiger partial charge in [0.15, 0.2) is 5.65 Å². The Hall–Kier alpha value is -3.61. The molecule has 0 amide bonds. The van der Waals surface area contributed by atoms with Crippen LogP contribution in [0, 0.1) is 0 Å². The minimum Gasteiger partial charge on any atom is -0.338 e. The molecule has 2 N–H and O–H groups in total. The van der Waals surface area contributed by atoms with E-state index in [-0.39, 0.29) is 11.7 Å². The van der Waals surface area contributed by atoms with Gasteiger partial charge in [-0.3, -0.25) is 4.79 Å². The van der Waals surface area contributed by atoms with Crippen LogP contribution in [0.2, 0.25) is 0 Å². The molecule has 2 heterocycles. The Balaban J connectivity index is 1.55. The smallest absolute Gasteiger partial charge is 0.265 e. The standard InChI is InChI=1S/C17H12N6O/c24-14(11-6-2-1-3-7-11)10-18-22-17-20-16-15(21-23-17)12-8-4-5-9-13(12)19-16/h1-10H,(H2,19,20,22,23)/b18-10+. The number of hydrazone groups is 1. The number of rotatable bonds is 4. The first kappa shape index (κ1) is 14.0. The number of carbonyl (C=O) groups excluding carboxylic acids is 1. The van der Waals surface area contributed by atoms with Gasteiger partial charge in [-0.15, -0.1) is 10.2 Å². The summed E-state index contributed by atoms with van der Waals surface area (Å²) in [5, 5.41) is 13.0. The minimum absolute atomic E-state index is 0.206. The highest BCUT2D eigenvalue weighted by atomic mass is 16.1. The lowest BCUT2D eigenvalue weighted by atomic mass is 10.1. The van der Waals surface area contributed by atoms with E-state index in [0.717, 1.165) is 10.9 Å². The van der Waals surface area contributed by atoms with Crippen LogP contribution in [0.1, 0.15) is 10.4 Å². The molecule has 24 heavy (non-hydrogen) atoms. The molecule has 116 valence electrons. The van der Waals surface area contributed by atoms with Crippen molar-refractivity contribution in [2.75, 3.05) is 5.43 Å². The van der Waals surface area contributed by atoms with Gasteiger partial charge in [0, 0.05) is 16.5 Å². The van der Waals surface area contributed by atoms with Gasteiger partial charge in [0.25, 0.3) is 5.95 Å². The topological polar surface area (TPSA) is 95.9 Å². The molecule has 2 aromatic carbocycles. The Morgan fingerprint density at radius 3 is 2.71 bits per heavy atom. The summed E-state index contributed by atoms with van der Waals surface area (Å²) < 4.78 is 0. The first-order chi connectivity index (χ1) is 11.8. The summed E-state index contributed by atoms with van der Waals surface area (Å²) in [6.45, 7) is 0. The van der Waals surface area contributed by atoms with Crippen molar-refractivity contribution in [1.29, 1.82) is 0 Å². The Labute approximate surface area is 136 Å². The molecule has 0 aliphatic carbocycles. The van der Waals surface area contributed by atoms with Gasteiger partial charge in [0.05, 0.1) is 6.21 Å². The number of aromatic amines is 1. The zero-order valence-electron chi connectivity index (χ0n) is 12.5. The third kappa shape index (κ3) is 2.58. The van der Waals surface area contributed by atoms with Crippen molar-refractivity contribution in [2.24, 2.45) is 5.10 Å². The second-order valence-corrected chi connectivity index (χ2v) is 5.10. The van der Waals surface area contributed by atoms with Crippen LogP contribution < -0.4 is 5.43 Å². The number of anilines is 1. The molecule has 0 bridgehead atoms. The maximum atomic E-state index is 11.9. The van der Waals surface area contributed by atoms with Crippen molar-refractivity contribution in [3.05, 3.63) is 60.2 Å². The third-order valence-electron chi connectivity index (χ3n) is 3.53. The number of aromatic nitrogens is 4. The van der Waals surface area contributed by atoms with Gasteiger partial charge in [-0.05, 0) is 6.07 Å². The van der Waals surface area contributed by atoms with Crippen LogP contribution in [0.4, 0.5) is 5.95 Å². The fourth-order valence-corrected chi connectivity index (χ4v) is 2.39. The van der Waals surface area contributed by atoms with Gasteiger partial charge in [-0.2, -0.15) is 10.1 Å². The van der Waals surface area contributed by atoms with Gasteiger partial charge in [-0.25, -0.2) is 5.43 Å². The summed E-state index contributed by atoms with van der Waals surface area (Å²) in [4.78, 5) is 19.4. The maximum absolute atomic E-state index is 11.9. The molecule has 4 rings (SSSR count). The zero-order valence-corrected chi connectivity index (χ0v) is 12.5. The molecule has 2 aromatic heterocycles. The average molecular weight is 316 g/mol. The lowest BCUT2D eigenvalue weighted by molar-refractivity contribution is 0.107. The third-order valence-corrected chi connectivity index (χ3v) is 3.53. The van der Waals surface area contributed by atoms with Gasteiger partial charge in [0.2, 0.25) is 5.78 Å². The first-order valence-corrected chi connectivity index (χ1v) is 7.31. The molecule has 0 spiro atoms. The Bertz CT molecular complexity index is 1050. The molecule has 0 aliphatic heterocycles. The Morgan fingerprint density at radius 2 is 1.83 bits per heavy atom. The fraction of sp³-hybridized carbons (Fsp3) is 0. The van der Waals surface area contributed by atoms with Gasteiger partial charge < -0.3 is 4.98 Å². The summed E-state index contributed by atoms with van der Waals surface area (Å²) in [6, 6.07) is 16.7. The van der Waals surface area contributed by atoms with E-state index in [1.165, 1.54) is 6.21 Å². The highest BCUT2D eigenvalue weighted by Crippen LogP contribution is 2.21. The van der Waals surface area contributed by atoms with Crippen LogP contribution in [0.5, 0.6) is 0 Å². The van der Waals surface area contributed by atoms with Crippen LogP contribution in [0.15, 0.2) is 59.7 Å². The second-order valence-electron chi connectivity index (χ2n) is 5.10. The van der Waals surface area contributed by atoms with Gasteiger partial charge >= 0.3 is 0 Å². The van der Waals surface area contributed by atoms with E-state index >= 15 is 0 Å². The summed E-state index contributed by atoms with van der Waals surface area (Å²) in [7, 11) is 0. The summed E-state index contributed by atoms with van der Waals surface area (Å²) in [5.41, 5.74) is 5.43. The molecule has 0 unspecified atom stereocenters. The molecular formula is C17H12N6O. The fourth-order valence-electron chi connectivity index (χ4n) is 2.39. The molecule has 0 saturated heterocycles. The molecule has 0 atom stereocenters. The number of para-hydroxylation sites is 1. The number of fused-ring (bicyclic) bond motifs is 3. The maximum Gasteiger partial charge on any atom is 0.265 e. The number of hydrogen-bond donors (Lipinski definition) is 2. The highest BCUT2D eigenvalue weighted by molar-refractivity contribution is 6.35. The van der Waals surface area contributed by atoms with Crippen LogP contribution >= 0.6 is 0 Å². The molecule has 7 heteroatoms. The zero-order chi connectivity index (χ0) is 16.4. The van der Waals surface area contributed by atoms with Crippen molar-refractivity contribution < 1.29 is 4.79 Å². The molecule has 0 saturated carbocycles. The highest BCUT2D eigenvalue weighted by Gasteiger charge is 2.08. The van der Waals surface area contributed by atoms with Crippen molar-refractivity contribution in [2.45, 2.75) is 0 Å². The van der Waals surface area contributed by atoms with Crippen LogP contribution in [0.3, 0.4) is 0 Å². The number of ketones is 1. The van der Waals surface area contributed by atoms with Crippen molar-refractivity contribution in [1.82, 2.24) is 20.2 Å². The molecule has 0 radical (unpaired) electrons. The summed E-state index contributed by atoms with van der Waals surface area (Å²) >= 11 is 0. The van der Waals surface area contributed by atoms with Crippen molar-refractivity contribution in [3.8, 4) is 0 Å². The number of nitrogens with one attached hydrogen (secondary N) is 2. The minimum atomic E-state index is -0.206. The summed E-state index contributed by atoms with van der Waals surface area (Å²) in [6.07, 6.45) is 1.19. The summed E-state index contributed by atoms with van der Waals surface area (Å²) in [5.74, 6) is 0.00826. The van der Waals surface area contributed by atoms with E-state index in [9.17, 15) is 4.79 Å². The Morgan fingerprint density at radius 1 is 1.04 bits per heavy atom. The number of benzene rings is 2. The van der Waals surface area contributed by atoms with E-state index in [0.29, 0.717) is 16.7 Å². The normalized spacial score (nSPS) is 11.3. The van der Waals surface area contributed by atoms with Gasteiger partial charge in [0.1, 0.15) is 5.52 Å². The molecule has 0 aliphatic rings. The second kappa shape index (κ2) is 5.88. The van der Waals surface area contributed by atoms with Crippen LogP contribution in [-0.2, 0) is 0 Å². The first-order valence-electron chi connectivity index (χ1n) is 7.31. The largest absolute Gasteiger partial charge is 0.338 e. The number of Topliss-reactive ketones (excluding diaryl/α,β-unsaturated/α-hetero) is 1. The Kier molecular flexibility index (Phi) is 3.43. The van der Waals surface area contributed by atoms with Crippen LogP contribution in [-0.4, -0.2) is 32.2 Å². The SMILES string of the molecule is O=C(/C=N/Nc1nnc2c(n1)[nH]c1ccccc12)c1ccccc1. The van der Waals surface area contributed by atoms with Crippen molar-refractivity contribution in [3.63, 3.8) is 0 Å². The number of carbonyl (C=O) groups is 1. The quantitative estimate of drug-likeness (QED) is 0.343. The van der Waals surface area contributed by atoms with E-state index in [1.54, 1.807) is 24.3 Å².